The summed E-state index contributed by atoms with van der Waals surface area (Å²) in [6.07, 6.45) is 0. The average molecular weight is 1250 g/mol. The zero-order valence-electron chi connectivity index (χ0n) is 64.3. The molecule has 5 heterocycles. The molecule has 15 aromatic rings. The third kappa shape index (κ3) is 8.98. The SMILES string of the molecule is [2H]c1c([2H])c([2H])c2c(c1[2H])c1c([2H])c([2H])c([2H])c([2H])c1n2-c1ccc2c(c1)N(c1cccc(-n3c4ccccc4c4ccccc43)c1C#N)c1cc(C(C)(C)C)cc3c1B2c1ccc(-n2c4ccc(C(C)(C)C)cc4c4cc(C(C)(C)C)ccc42)cc1N3c1ccc(C(C)(C)C)cc1-c1ccccc1. The summed E-state index contributed by atoms with van der Waals surface area (Å²) in [7, 11) is 0. The van der Waals surface area contributed by atoms with E-state index in [0.29, 0.717) is 28.3 Å². The lowest BCUT2D eigenvalue weighted by molar-refractivity contribution is 0.590. The smallest absolute Gasteiger partial charge is 0.252 e. The molecule has 0 radical (unpaired) electrons. The Kier molecular flexibility index (Phi) is 11.1. The molecule has 0 spiro atoms. The predicted molar refractivity (Wildman–Crippen MR) is 408 cm³/mol. The highest BCUT2D eigenvalue weighted by molar-refractivity contribution is 7.00. The van der Waals surface area contributed by atoms with Crippen molar-refractivity contribution in [2.75, 3.05) is 9.80 Å². The van der Waals surface area contributed by atoms with Crippen molar-refractivity contribution >= 4 is 123 Å². The molecule has 17 rings (SSSR count). The summed E-state index contributed by atoms with van der Waals surface area (Å²) < 4.78 is 80.9. The first-order chi connectivity index (χ1) is 49.5. The van der Waals surface area contributed by atoms with E-state index in [1.165, 1.54) is 27.5 Å². The molecule has 0 bridgehead atoms. The molecule has 0 saturated carbocycles. The van der Waals surface area contributed by atoms with Crippen molar-refractivity contribution in [2.24, 2.45) is 0 Å². The van der Waals surface area contributed by atoms with E-state index in [2.05, 4.69) is 254 Å². The highest BCUT2D eigenvalue weighted by atomic mass is 15.2. The fraction of sp³-hybridized carbons (Fsp3) is 0.180. The van der Waals surface area contributed by atoms with Crippen LogP contribution >= 0.6 is 0 Å². The van der Waals surface area contributed by atoms with E-state index in [4.69, 9.17) is 5.48 Å². The van der Waals surface area contributed by atoms with Crippen LogP contribution in [0.5, 0.6) is 0 Å². The van der Waals surface area contributed by atoms with Crippen molar-refractivity contribution in [3.8, 4) is 34.3 Å². The van der Waals surface area contributed by atoms with Gasteiger partial charge in [-0.05, 0) is 175 Å². The number of rotatable bonds is 6. The van der Waals surface area contributed by atoms with Gasteiger partial charge < -0.3 is 23.5 Å². The van der Waals surface area contributed by atoms with Gasteiger partial charge in [0.15, 0.2) is 0 Å². The van der Waals surface area contributed by atoms with Gasteiger partial charge in [0.2, 0.25) is 0 Å². The lowest BCUT2D eigenvalue weighted by atomic mass is 9.33. The summed E-state index contributed by atoms with van der Waals surface area (Å²) in [5.74, 6) is 0. The fourth-order valence-electron chi connectivity index (χ4n) is 15.4. The largest absolute Gasteiger partial charge is 0.311 e. The number of nitrogens with zero attached hydrogens (tertiary/aromatic N) is 6. The second kappa shape index (κ2) is 21.1. The first-order valence-electron chi connectivity index (χ1n) is 37.3. The maximum Gasteiger partial charge on any atom is 0.252 e. The Morgan fingerprint density at radius 2 is 0.781 bits per heavy atom. The van der Waals surface area contributed by atoms with E-state index < -0.39 is 60.5 Å². The number of aromatic nitrogens is 3. The van der Waals surface area contributed by atoms with Gasteiger partial charge in [-0.15, -0.1) is 0 Å². The number of fused-ring (bicyclic) bond motifs is 13. The van der Waals surface area contributed by atoms with Crippen molar-refractivity contribution in [3.63, 3.8) is 0 Å². The van der Waals surface area contributed by atoms with Crippen LogP contribution in [0.2, 0.25) is 0 Å². The van der Waals surface area contributed by atoms with Gasteiger partial charge in [-0.25, -0.2) is 0 Å². The lowest BCUT2D eigenvalue weighted by Crippen LogP contribution is -2.61. The van der Waals surface area contributed by atoms with Crippen LogP contribution in [0.15, 0.2) is 249 Å². The molecule has 0 fully saturated rings. The Labute approximate surface area is 574 Å². The molecule has 0 atom stereocenters. The van der Waals surface area contributed by atoms with Gasteiger partial charge in [-0.1, -0.05) is 222 Å². The molecule has 0 N–H and O–H groups in total. The molecule has 7 heteroatoms. The number of hydrogen-bond acceptors (Lipinski definition) is 3. The maximum absolute atomic E-state index is 12.3. The summed E-state index contributed by atoms with van der Waals surface area (Å²) >= 11 is 0. The van der Waals surface area contributed by atoms with Crippen LogP contribution in [-0.4, -0.2) is 20.4 Å². The minimum atomic E-state index is -0.517. The molecule has 12 aromatic carbocycles. The highest BCUT2D eigenvalue weighted by Gasteiger charge is 2.46. The van der Waals surface area contributed by atoms with Gasteiger partial charge in [-0.3, -0.25) is 0 Å². The van der Waals surface area contributed by atoms with E-state index in [-0.39, 0.29) is 38.1 Å². The standard InChI is InChI=1S/C89H77BN6/c1-86(2,3)56-37-44-78(66(47-56)55-25-14-13-15-26-55)96-82-53-61(93-79-45-38-57(87(4,5)6)48-67(79)68-49-58(88(7,8)9)39-46-80(68)93)41-43-71(82)90-70-42-40-60(92-72-31-20-16-27-62(72)63-28-17-21-32-73(63)92)52-81(70)95(83-50-59(89(10,11)12)51-84(96)85(83)90)77-36-24-35-76(69(77)54-91)94-74-33-22-18-29-64(74)65-30-19-23-34-75(65)94/h13-53H,1-12H3/i16D,17D,20D,21D,27D,28D,31D,32D. The molecule has 0 aliphatic carbocycles. The first-order valence-corrected chi connectivity index (χ1v) is 33.3. The second-order valence-electron chi connectivity index (χ2n) is 30.4. The van der Waals surface area contributed by atoms with Crippen LogP contribution in [0.4, 0.5) is 34.1 Å². The molecule has 96 heavy (non-hydrogen) atoms. The Balaban J connectivity index is 1.03. The normalized spacial score (nSPS) is 14.5. The Bertz CT molecular complexity index is 6100. The third-order valence-electron chi connectivity index (χ3n) is 20.3. The summed E-state index contributed by atoms with van der Waals surface area (Å²) in [6, 6.07) is 70.9. The zero-order chi connectivity index (χ0) is 73.0. The van der Waals surface area contributed by atoms with Crippen LogP contribution < -0.4 is 26.2 Å². The molecule has 0 unspecified atom stereocenters. The maximum atomic E-state index is 12.3. The third-order valence-corrected chi connectivity index (χ3v) is 20.3. The van der Waals surface area contributed by atoms with Crippen LogP contribution in [0.3, 0.4) is 0 Å². The van der Waals surface area contributed by atoms with Crippen LogP contribution in [0.25, 0.3) is 93.6 Å². The summed E-state index contributed by atoms with van der Waals surface area (Å²) in [4.78, 5) is 4.71. The monoisotopic (exact) mass is 1250 g/mol. The summed E-state index contributed by atoms with van der Waals surface area (Å²) in [5, 5.41) is 16.7. The molecule has 3 aromatic heterocycles. The topological polar surface area (TPSA) is 45.1 Å². The molecule has 466 valence electrons. The number of nitriles is 1. The molecule has 6 nitrogen and oxygen atoms in total. The fourth-order valence-corrected chi connectivity index (χ4v) is 15.4. The molecular weight excluding hydrogens is 1160 g/mol. The van der Waals surface area contributed by atoms with E-state index in [1.807, 2.05) is 54.6 Å². The second-order valence-corrected chi connectivity index (χ2v) is 30.4. The molecule has 2 aliphatic heterocycles. The summed E-state index contributed by atoms with van der Waals surface area (Å²) in [6.45, 7) is 26.6. The highest BCUT2D eigenvalue weighted by Crippen LogP contribution is 2.52. The van der Waals surface area contributed by atoms with Crippen molar-refractivity contribution in [1.82, 2.24) is 13.7 Å². The predicted octanol–water partition coefficient (Wildman–Crippen LogP) is 21.8. The van der Waals surface area contributed by atoms with Crippen molar-refractivity contribution < 1.29 is 11.0 Å². The van der Waals surface area contributed by atoms with Crippen LogP contribution in [-0.2, 0) is 21.7 Å². The minimum absolute atomic E-state index is 0.0105. The van der Waals surface area contributed by atoms with Crippen molar-refractivity contribution in [1.29, 1.82) is 5.26 Å². The van der Waals surface area contributed by atoms with Gasteiger partial charge >= 0.3 is 0 Å². The zero-order valence-corrected chi connectivity index (χ0v) is 56.3. The van der Waals surface area contributed by atoms with Crippen molar-refractivity contribution in [2.45, 2.75) is 105 Å². The number of anilines is 6. The van der Waals surface area contributed by atoms with E-state index in [1.54, 1.807) is 4.57 Å². The number of para-hydroxylation sites is 4. The Hall–Kier alpha value is -10.8. The van der Waals surface area contributed by atoms with Gasteiger partial charge in [0.25, 0.3) is 6.71 Å². The Morgan fingerprint density at radius 1 is 0.333 bits per heavy atom. The molecule has 2 aliphatic rings. The van der Waals surface area contributed by atoms with E-state index in [9.17, 15) is 10.7 Å². The van der Waals surface area contributed by atoms with Gasteiger partial charge in [0, 0.05) is 72.0 Å². The van der Waals surface area contributed by atoms with Crippen molar-refractivity contribution in [3.05, 3.63) is 276 Å². The van der Waals surface area contributed by atoms with E-state index in [0.717, 1.165) is 94.4 Å². The average Bonchev–Trinajstić information content (AvgIpc) is 1.60. The van der Waals surface area contributed by atoms with Crippen LogP contribution in [0.1, 0.15) is 122 Å². The van der Waals surface area contributed by atoms with Gasteiger partial charge in [-0.2, -0.15) is 5.26 Å². The number of hydrogen-bond donors (Lipinski definition) is 0. The molecular formula is C89H77BN6. The number of benzene rings is 12. The summed E-state index contributed by atoms with van der Waals surface area (Å²) in [5.41, 5.74) is 20.1. The van der Waals surface area contributed by atoms with Gasteiger partial charge in [0.05, 0.1) is 61.1 Å². The minimum Gasteiger partial charge on any atom is -0.311 e. The molecule has 0 amide bonds. The first kappa shape index (κ1) is 50.7. The molecule has 0 saturated heterocycles. The van der Waals surface area contributed by atoms with E-state index >= 15 is 0 Å². The quantitative estimate of drug-likeness (QED) is 0.156. The lowest BCUT2D eigenvalue weighted by Gasteiger charge is -2.46. The van der Waals surface area contributed by atoms with Crippen LogP contribution in [0, 0.1) is 11.3 Å². The van der Waals surface area contributed by atoms with Gasteiger partial charge in [0.1, 0.15) is 11.6 Å². The Morgan fingerprint density at radius 3 is 1.30 bits per heavy atom.